The van der Waals surface area contributed by atoms with Gasteiger partial charge in [0.15, 0.2) is 6.10 Å². The molecule has 1 atom stereocenters. The van der Waals surface area contributed by atoms with E-state index in [4.69, 9.17) is 4.74 Å². The summed E-state index contributed by atoms with van der Waals surface area (Å²) >= 11 is 1.76. The predicted octanol–water partition coefficient (Wildman–Crippen LogP) is 3.30. The lowest BCUT2D eigenvalue weighted by atomic mass is 9.98. The van der Waals surface area contributed by atoms with Crippen molar-refractivity contribution in [3.8, 4) is 0 Å². The maximum atomic E-state index is 13.1. The van der Waals surface area contributed by atoms with Gasteiger partial charge in [0.25, 0.3) is 5.91 Å². The summed E-state index contributed by atoms with van der Waals surface area (Å²) in [7, 11) is 0. The topological polar surface area (TPSA) is 46.6 Å². The minimum Gasteiger partial charge on any atom is -0.448 e. The summed E-state index contributed by atoms with van der Waals surface area (Å²) < 4.78 is 5.45. The second kappa shape index (κ2) is 6.32. The third-order valence-corrected chi connectivity index (χ3v) is 5.52. The number of hydrogen-bond donors (Lipinski definition) is 0. The summed E-state index contributed by atoms with van der Waals surface area (Å²) in [6.07, 6.45) is 0.609. The normalized spacial score (nSPS) is 19.8. The molecule has 0 N–H and O–H groups in total. The van der Waals surface area contributed by atoms with Gasteiger partial charge in [-0.3, -0.25) is 4.79 Å². The maximum Gasteiger partial charge on any atom is 0.339 e. The molecular formula is C19H17NO3S. The summed E-state index contributed by atoms with van der Waals surface area (Å²) in [6, 6.07) is 15.3. The lowest BCUT2D eigenvalue weighted by Gasteiger charge is -2.29. The van der Waals surface area contributed by atoms with Crippen LogP contribution in [0, 0.1) is 0 Å². The monoisotopic (exact) mass is 339 g/mol. The van der Waals surface area contributed by atoms with Gasteiger partial charge in [-0.15, -0.1) is 11.8 Å². The van der Waals surface area contributed by atoms with Gasteiger partial charge in [0.2, 0.25) is 0 Å². The zero-order valence-corrected chi connectivity index (χ0v) is 13.9. The number of nitrogens with zero attached hydrogens (tertiary/aromatic N) is 1. The summed E-state index contributed by atoms with van der Waals surface area (Å²) in [5.74, 6) is 0.439. The van der Waals surface area contributed by atoms with Crippen LogP contribution in [0.2, 0.25) is 0 Å². The standard InChI is InChI=1S/C19H17NO3S/c21-18(16-12-13-6-1-2-7-14(13)19(22)23-16)20-10-5-11-24-17-9-4-3-8-15(17)20/h1-4,6-9,16H,5,10-12H2. The van der Waals surface area contributed by atoms with Crippen LogP contribution in [0.15, 0.2) is 53.4 Å². The number of benzene rings is 2. The number of amides is 1. The van der Waals surface area contributed by atoms with E-state index in [1.165, 1.54) is 0 Å². The molecule has 2 aliphatic rings. The Labute approximate surface area is 144 Å². The van der Waals surface area contributed by atoms with Gasteiger partial charge < -0.3 is 9.64 Å². The quantitative estimate of drug-likeness (QED) is 0.748. The van der Waals surface area contributed by atoms with Gasteiger partial charge in [0.05, 0.1) is 11.3 Å². The molecule has 2 aromatic carbocycles. The average Bonchev–Trinajstić information content (AvgIpc) is 2.83. The molecule has 0 saturated heterocycles. The molecule has 2 aromatic rings. The number of hydrogen-bond acceptors (Lipinski definition) is 4. The molecule has 24 heavy (non-hydrogen) atoms. The molecular weight excluding hydrogens is 322 g/mol. The molecule has 1 amide bonds. The molecule has 0 spiro atoms. The Hall–Kier alpha value is -2.27. The number of esters is 1. The second-order valence-electron chi connectivity index (χ2n) is 5.91. The van der Waals surface area contributed by atoms with E-state index in [0.717, 1.165) is 28.3 Å². The van der Waals surface area contributed by atoms with Crippen molar-refractivity contribution in [2.45, 2.75) is 23.8 Å². The van der Waals surface area contributed by atoms with Gasteiger partial charge in [0.1, 0.15) is 0 Å². The smallest absolute Gasteiger partial charge is 0.339 e. The highest BCUT2D eigenvalue weighted by Crippen LogP contribution is 2.34. The van der Waals surface area contributed by atoms with E-state index in [-0.39, 0.29) is 5.91 Å². The van der Waals surface area contributed by atoms with E-state index in [1.54, 1.807) is 22.7 Å². The largest absolute Gasteiger partial charge is 0.448 e. The number of thioether (sulfide) groups is 1. The van der Waals surface area contributed by atoms with Crippen molar-refractivity contribution in [3.63, 3.8) is 0 Å². The molecule has 4 nitrogen and oxygen atoms in total. The molecule has 0 bridgehead atoms. The number of rotatable bonds is 1. The third-order valence-electron chi connectivity index (χ3n) is 4.37. The van der Waals surface area contributed by atoms with Crippen molar-refractivity contribution in [3.05, 3.63) is 59.7 Å². The Kier molecular flexibility index (Phi) is 4.02. The Bertz CT molecular complexity index is 805. The van der Waals surface area contributed by atoms with Crippen LogP contribution in [-0.2, 0) is 16.0 Å². The summed E-state index contributed by atoms with van der Waals surface area (Å²) in [5.41, 5.74) is 2.36. The molecule has 2 heterocycles. The van der Waals surface area contributed by atoms with Gasteiger partial charge in [-0.25, -0.2) is 4.79 Å². The molecule has 0 aromatic heterocycles. The van der Waals surface area contributed by atoms with E-state index >= 15 is 0 Å². The van der Waals surface area contributed by atoms with Crippen LogP contribution in [0.3, 0.4) is 0 Å². The minimum atomic E-state index is -0.747. The molecule has 5 heteroatoms. The van der Waals surface area contributed by atoms with Gasteiger partial charge >= 0.3 is 5.97 Å². The molecule has 0 radical (unpaired) electrons. The lowest BCUT2D eigenvalue weighted by Crippen LogP contribution is -2.45. The van der Waals surface area contributed by atoms with Crippen molar-refractivity contribution in [2.75, 3.05) is 17.2 Å². The first kappa shape index (κ1) is 15.3. The van der Waals surface area contributed by atoms with Crippen LogP contribution in [0.4, 0.5) is 5.69 Å². The van der Waals surface area contributed by atoms with E-state index < -0.39 is 12.1 Å². The van der Waals surface area contributed by atoms with Crippen LogP contribution >= 0.6 is 11.8 Å². The fourth-order valence-corrected chi connectivity index (χ4v) is 4.19. The Morgan fingerprint density at radius 3 is 2.83 bits per heavy atom. The molecule has 0 aliphatic carbocycles. The highest BCUT2D eigenvalue weighted by Gasteiger charge is 2.35. The van der Waals surface area contributed by atoms with Gasteiger partial charge in [-0.1, -0.05) is 30.3 Å². The molecule has 122 valence electrons. The van der Waals surface area contributed by atoms with Crippen molar-refractivity contribution in [2.24, 2.45) is 0 Å². The Morgan fingerprint density at radius 1 is 1.12 bits per heavy atom. The second-order valence-corrected chi connectivity index (χ2v) is 7.05. The van der Waals surface area contributed by atoms with Crippen molar-refractivity contribution in [1.29, 1.82) is 0 Å². The SMILES string of the molecule is O=C1OC(C(=O)N2CCCSc3ccccc32)Cc2ccccc21. The van der Waals surface area contributed by atoms with Crippen LogP contribution in [0.5, 0.6) is 0 Å². The molecule has 1 unspecified atom stereocenters. The zero-order valence-electron chi connectivity index (χ0n) is 13.1. The fourth-order valence-electron chi connectivity index (χ4n) is 3.20. The zero-order chi connectivity index (χ0) is 16.5. The lowest BCUT2D eigenvalue weighted by molar-refractivity contribution is -0.127. The number of fused-ring (bicyclic) bond motifs is 2. The predicted molar refractivity (Wildman–Crippen MR) is 93.5 cm³/mol. The number of ether oxygens (including phenoxy) is 1. The maximum absolute atomic E-state index is 13.1. The van der Waals surface area contributed by atoms with Gasteiger partial charge in [-0.2, -0.15) is 0 Å². The van der Waals surface area contributed by atoms with E-state index in [9.17, 15) is 9.59 Å². The van der Waals surface area contributed by atoms with Crippen LogP contribution in [0.25, 0.3) is 0 Å². The summed E-state index contributed by atoms with van der Waals surface area (Å²) in [4.78, 5) is 28.1. The molecule has 0 saturated carbocycles. The van der Waals surface area contributed by atoms with E-state index in [2.05, 4.69) is 0 Å². The molecule has 0 fully saturated rings. The Morgan fingerprint density at radius 2 is 1.92 bits per heavy atom. The first-order valence-electron chi connectivity index (χ1n) is 8.06. The summed E-state index contributed by atoms with van der Waals surface area (Å²) in [5, 5.41) is 0. The van der Waals surface area contributed by atoms with Gasteiger partial charge in [0, 0.05) is 17.9 Å². The van der Waals surface area contributed by atoms with Gasteiger partial charge in [-0.05, 0) is 35.9 Å². The number of carbonyl (C=O) groups is 2. The number of anilines is 1. The minimum absolute atomic E-state index is 0.132. The van der Waals surface area contributed by atoms with Crippen molar-refractivity contribution in [1.82, 2.24) is 0 Å². The number of para-hydroxylation sites is 1. The van der Waals surface area contributed by atoms with Crippen LogP contribution in [-0.4, -0.2) is 30.3 Å². The van der Waals surface area contributed by atoms with Crippen molar-refractivity contribution < 1.29 is 14.3 Å². The van der Waals surface area contributed by atoms with E-state index in [0.29, 0.717) is 18.5 Å². The number of cyclic esters (lactones) is 1. The number of carbonyl (C=O) groups excluding carboxylic acids is 2. The van der Waals surface area contributed by atoms with Crippen LogP contribution < -0.4 is 4.90 Å². The first-order chi connectivity index (χ1) is 11.7. The molecule has 4 rings (SSSR count). The van der Waals surface area contributed by atoms with Crippen molar-refractivity contribution >= 4 is 29.3 Å². The Balaban J connectivity index is 1.64. The highest BCUT2D eigenvalue weighted by molar-refractivity contribution is 7.99. The van der Waals surface area contributed by atoms with Crippen LogP contribution in [0.1, 0.15) is 22.3 Å². The van der Waals surface area contributed by atoms with E-state index in [1.807, 2.05) is 42.5 Å². The average molecular weight is 339 g/mol. The fraction of sp³-hybridized carbons (Fsp3) is 0.263. The summed E-state index contributed by atoms with van der Waals surface area (Å²) in [6.45, 7) is 0.651. The highest BCUT2D eigenvalue weighted by atomic mass is 32.2. The molecule has 2 aliphatic heterocycles. The third kappa shape index (κ3) is 2.69. The first-order valence-corrected chi connectivity index (χ1v) is 9.05.